The van der Waals surface area contributed by atoms with Crippen LogP contribution in [0, 0.1) is 56.7 Å². The molecular formula is C38H62N2O6. The minimum atomic E-state index is -0.508. The van der Waals surface area contributed by atoms with Gasteiger partial charge in [-0.2, -0.15) is 0 Å². The van der Waals surface area contributed by atoms with Gasteiger partial charge >= 0.3 is 6.09 Å². The predicted octanol–water partition coefficient (Wildman–Crippen LogP) is 6.00. The van der Waals surface area contributed by atoms with E-state index in [1.165, 1.54) is 38.5 Å². The number of aliphatic hydroxyl groups excluding tert-OH is 1. The highest BCUT2D eigenvalue weighted by atomic mass is 16.7. The van der Waals surface area contributed by atoms with Crippen molar-refractivity contribution in [1.29, 1.82) is 0 Å². The lowest BCUT2D eigenvalue weighted by atomic mass is 9.41. The van der Waals surface area contributed by atoms with Gasteiger partial charge in [-0.15, -0.1) is 0 Å². The van der Waals surface area contributed by atoms with Crippen LogP contribution in [0.3, 0.4) is 0 Å². The van der Waals surface area contributed by atoms with Crippen molar-refractivity contribution in [3.05, 3.63) is 0 Å². The number of amides is 1. The molecule has 0 bridgehead atoms. The van der Waals surface area contributed by atoms with E-state index < -0.39 is 6.10 Å². The van der Waals surface area contributed by atoms with Crippen molar-refractivity contribution in [3.8, 4) is 0 Å². The van der Waals surface area contributed by atoms with E-state index in [-0.39, 0.29) is 59.0 Å². The summed E-state index contributed by atoms with van der Waals surface area (Å²) in [5, 5.41) is 16.1. The van der Waals surface area contributed by atoms with Gasteiger partial charge in [0.15, 0.2) is 6.29 Å². The molecule has 0 aromatic carbocycles. The molecule has 8 fully saturated rings. The van der Waals surface area contributed by atoms with Crippen molar-refractivity contribution in [1.82, 2.24) is 10.2 Å². The van der Waals surface area contributed by atoms with Crippen LogP contribution in [0.1, 0.15) is 106 Å². The first-order valence-corrected chi connectivity index (χ1v) is 19.1. The molecule has 8 aliphatic rings. The summed E-state index contributed by atoms with van der Waals surface area (Å²) in [6.45, 7) is 20.6. The number of carbonyl (C=O) groups is 1. The summed E-state index contributed by atoms with van der Waals surface area (Å²) in [6, 6.07) is 0. The number of nitrogens with one attached hydrogen (secondary N) is 1. The minimum absolute atomic E-state index is 0.0246. The minimum Gasteiger partial charge on any atom is -0.443 e. The molecule has 7 unspecified atom stereocenters. The molecule has 1 amide bonds. The van der Waals surface area contributed by atoms with Crippen molar-refractivity contribution in [2.24, 2.45) is 56.7 Å². The third-order valence-electron chi connectivity index (χ3n) is 16.3. The summed E-state index contributed by atoms with van der Waals surface area (Å²) in [6.07, 6.45) is 9.16. The molecule has 0 radical (unpaired) electrons. The summed E-state index contributed by atoms with van der Waals surface area (Å²) in [5.74, 6) is 2.02. The van der Waals surface area contributed by atoms with Gasteiger partial charge < -0.3 is 34.3 Å². The van der Waals surface area contributed by atoms with Gasteiger partial charge in [0.25, 0.3) is 0 Å². The highest BCUT2D eigenvalue weighted by molar-refractivity contribution is 5.68. The lowest BCUT2D eigenvalue weighted by molar-refractivity contribution is -0.237. The molecular weight excluding hydrogens is 580 g/mol. The van der Waals surface area contributed by atoms with E-state index in [0.717, 1.165) is 52.0 Å². The molecule has 0 aromatic heterocycles. The Morgan fingerprint density at radius 1 is 1.02 bits per heavy atom. The molecule has 260 valence electrons. The van der Waals surface area contributed by atoms with E-state index in [4.69, 9.17) is 18.9 Å². The van der Waals surface area contributed by atoms with E-state index in [1.54, 1.807) is 4.90 Å². The van der Waals surface area contributed by atoms with Gasteiger partial charge in [0.05, 0.1) is 31.0 Å². The number of hydrogen-bond acceptors (Lipinski definition) is 7. The number of rotatable bonds is 5. The summed E-state index contributed by atoms with van der Waals surface area (Å²) >= 11 is 0. The average molecular weight is 643 g/mol. The van der Waals surface area contributed by atoms with Gasteiger partial charge in [-0.05, 0) is 109 Å². The maximum Gasteiger partial charge on any atom is 0.410 e. The van der Waals surface area contributed by atoms with Gasteiger partial charge in [-0.1, -0.05) is 48.5 Å². The quantitative estimate of drug-likeness (QED) is 0.381. The Bertz CT molecular complexity index is 1200. The predicted molar refractivity (Wildman–Crippen MR) is 175 cm³/mol. The molecule has 5 saturated carbocycles. The fourth-order valence-corrected chi connectivity index (χ4v) is 13.9. The first kappa shape index (κ1) is 32.3. The van der Waals surface area contributed by atoms with Crippen molar-refractivity contribution >= 4 is 6.09 Å². The molecule has 8 nitrogen and oxygen atoms in total. The number of hydrogen-bond donors (Lipinski definition) is 2. The zero-order valence-electron chi connectivity index (χ0n) is 29.7. The van der Waals surface area contributed by atoms with Crippen molar-refractivity contribution in [3.63, 3.8) is 0 Å². The third kappa shape index (κ3) is 4.18. The van der Waals surface area contributed by atoms with Gasteiger partial charge in [0.2, 0.25) is 0 Å². The number of nitrogens with zero attached hydrogens (tertiary/aromatic N) is 1. The highest BCUT2D eigenvalue weighted by Crippen LogP contribution is 2.89. The average Bonchev–Trinajstić information content (AvgIpc) is 3.61. The lowest BCUT2D eigenvalue weighted by Crippen LogP contribution is -2.60. The number of morpholine rings is 1. The van der Waals surface area contributed by atoms with Crippen LogP contribution in [-0.4, -0.2) is 85.7 Å². The van der Waals surface area contributed by atoms with Crippen LogP contribution in [0.15, 0.2) is 0 Å². The van der Waals surface area contributed by atoms with Crippen molar-refractivity contribution in [2.45, 2.75) is 143 Å². The van der Waals surface area contributed by atoms with Crippen LogP contribution in [0.5, 0.6) is 0 Å². The molecule has 46 heavy (non-hydrogen) atoms. The lowest BCUT2D eigenvalue weighted by Gasteiger charge is -2.63. The molecule has 8 heteroatoms. The number of ether oxygens (including phenoxy) is 4. The topological polar surface area (TPSA) is 89.5 Å². The van der Waals surface area contributed by atoms with Crippen LogP contribution < -0.4 is 5.32 Å². The Hall–Kier alpha value is -0.930. The van der Waals surface area contributed by atoms with E-state index >= 15 is 0 Å². The van der Waals surface area contributed by atoms with Crippen molar-refractivity contribution < 1.29 is 28.8 Å². The van der Waals surface area contributed by atoms with Crippen LogP contribution in [-0.2, 0) is 18.9 Å². The molecule has 5 aliphatic carbocycles. The smallest absolute Gasteiger partial charge is 0.410 e. The first-order chi connectivity index (χ1) is 21.8. The fourth-order valence-electron chi connectivity index (χ4n) is 13.9. The van der Waals surface area contributed by atoms with Crippen LogP contribution >= 0.6 is 0 Å². The molecule has 3 aliphatic heterocycles. The maximum atomic E-state index is 12.9. The Labute approximate surface area is 277 Å². The number of fused-ring (bicyclic) bond motifs is 4. The van der Waals surface area contributed by atoms with E-state index in [1.807, 2.05) is 0 Å². The van der Waals surface area contributed by atoms with E-state index in [9.17, 15) is 9.90 Å². The zero-order valence-corrected chi connectivity index (χ0v) is 29.7. The first-order valence-electron chi connectivity index (χ1n) is 19.1. The molecule has 3 heterocycles. The second kappa shape index (κ2) is 10.8. The molecule has 8 rings (SSSR count). The Kier molecular flexibility index (Phi) is 7.57. The molecule has 14 atom stereocenters. The Balaban J connectivity index is 1.04. The van der Waals surface area contributed by atoms with Crippen LogP contribution in [0.4, 0.5) is 4.79 Å². The van der Waals surface area contributed by atoms with Gasteiger partial charge in [0.1, 0.15) is 6.10 Å². The second-order valence-corrected chi connectivity index (χ2v) is 18.6. The highest BCUT2D eigenvalue weighted by Gasteiger charge is 2.84. The summed E-state index contributed by atoms with van der Waals surface area (Å²) in [5.41, 5.74) is 0.614. The summed E-state index contributed by atoms with van der Waals surface area (Å²) < 4.78 is 25.9. The Morgan fingerprint density at radius 3 is 2.43 bits per heavy atom. The monoisotopic (exact) mass is 642 g/mol. The van der Waals surface area contributed by atoms with Crippen molar-refractivity contribution in [2.75, 3.05) is 32.8 Å². The van der Waals surface area contributed by atoms with Crippen LogP contribution in [0.2, 0.25) is 0 Å². The fraction of sp³-hybridized carbons (Fsp3) is 0.974. The third-order valence-corrected chi connectivity index (χ3v) is 16.3. The van der Waals surface area contributed by atoms with Gasteiger partial charge in [-0.3, -0.25) is 0 Å². The van der Waals surface area contributed by atoms with Crippen LogP contribution in [0.25, 0.3) is 0 Å². The molecule has 2 N–H and O–H groups in total. The number of aliphatic hydroxyl groups is 1. The normalized spacial score (nSPS) is 52.7. The number of likely N-dealkylation sites (tertiary alicyclic amines) is 1. The number of carbonyl (C=O) groups excluding carboxylic acids is 1. The molecule has 3 saturated heterocycles. The SMILES string of the molecule is CC(C)[C@@H](OC(=O)N1CCC1)C1C[C@@H](C)[C@H]2C(O1)[C@H](O)[C@@]1(C)C3CC[C@H]4C(C)(C)C(O[C@H]5CNCCO5)CCC45CC35CCC21C. The second-order valence-electron chi connectivity index (χ2n) is 18.6. The largest absolute Gasteiger partial charge is 0.443 e. The maximum absolute atomic E-state index is 12.9. The van der Waals surface area contributed by atoms with E-state index in [0.29, 0.717) is 34.5 Å². The van der Waals surface area contributed by atoms with Gasteiger partial charge in [-0.25, -0.2) is 4.79 Å². The van der Waals surface area contributed by atoms with E-state index in [2.05, 4.69) is 53.8 Å². The molecule has 0 aromatic rings. The zero-order chi connectivity index (χ0) is 32.4. The Morgan fingerprint density at radius 2 is 1.76 bits per heavy atom. The molecule has 2 spiro atoms. The standard InChI is InChI=1S/C38H62N2O6/c1-22(2)30(46-33(42)40-16-8-17-40)24-19-23(3)29-31(44-24)32(41)36(7)26-10-9-25-34(4,5)27(45-28-20-39-15-18-43-28)11-12-37(25)21-38(26,37)14-13-35(29,36)6/h22-32,39,41H,8-21H2,1-7H3/t23-,24?,25+,26?,27?,28+,29+,30-,31?,32+,35?,36-,37?,38?/m1/s1. The summed E-state index contributed by atoms with van der Waals surface area (Å²) in [4.78, 5) is 14.7. The van der Waals surface area contributed by atoms with Gasteiger partial charge in [0, 0.05) is 31.6 Å². The summed E-state index contributed by atoms with van der Waals surface area (Å²) in [7, 11) is 0.